The van der Waals surface area contributed by atoms with Gasteiger partial charge in [0.15, 0.2) is 17.3 Å². The molecule has 49 heavy (non-hydrogen) atoms. The molecule has 0 aliphatic carbocycles. The van der Waals surface area contributed by atoms with Crippen LogP contribution < -0.4 is 24.8 Å². The van der Waals surface area contributed by atoms with Crippen molar-refractivity contribution >= 4 is 23.3 Å². The first-order valence-corrected chi connectivity index (χ1v) is 16.9. The lowest BCUT2D eigenvalue weighted by molar-refractivity contribution is -0.0177. The summed E-state index contributed by atoms with van der Waals surface area (Å²) in [5.74, 6) is 2.02. The Hall–Kier alpha value is -4.33. The lowest BCUT2D eigenvalue weighted by Gasteiger charge is -2.36. The van der Waals surface area contributed by atoms with Crippen molar-refractivity contribution in [2.75, 3.05) is 50.8 Å². The molecule has 2 aliphatic rings. The summed E-state index contributed by atoms with van der Waals surface area (Å²) < 4.78 is 29.0. The van der Waals surface area contributed by atoms with Crippen LogP contribution in [0.5, 0.6) is 17.2 Å². The molecule has 4 atom stereocenters. The van der Waals surface area contributed by atoms with Gasteiger partial charge in [-0.05, 0) is 89.9 Å². The molecule has 3 amide bonds. The molecular weight excluding hydrogens is 630 g/mol. The first kappa shape index (κ1) is 36.0. The Kier molecular flexibility index (Phi) is 12.0. The van der Waals surface area contributed by atoms with Gasteiger partial charge in [0, 0.05) is 37.8 Å². The smallest absolute Gasteiger partial charge is 0.323 e. The summed E-state index contributed by atoms with van der Waals surface area (Å²) in [4.78, 5) is 31.2. The number of carbonyl (C=O) groups excluding carboxylic acids is 2. The topological polar surface area (TPSA) is 148 Å². The largest absolute Gasteiger partial charge is 0.490 e. The minimum atomic E-state index is -0.504. The Bertz CT molecular complexity index is 1580. The molecule has 0 radical (unpaired) electrons. The van der Waals surface area contributed by atoms with Gasteiger partial charge in [-0.15, -0.1) is 0 Å². The van der Waals surface area contributed by atoms with Crippen molar-refractivity contribution in [2.45, 2.75) is 78.7 Å². The van der Waals surface area contributed by atoms with Crippen LogP contribution in [-0.4, -0.2) is 90.4 Å². The Morgan fingerprint density at radius 2 is 1.86 bits per heavy atom. The SMILES string of the molecule is Cc1noc(C)c1NC(=O)Nc1ccc2c(c1)C(=O)N([C@@H](C)CO)C[C@H](C)[C@@H](CN(C)Cc1ccc3c(c1)OCO3)OCCCC[C@H](C)O2. The van der Waals surface area contributed by atoms with Crippen molar-refractivity contribution < 1.29 is 38.2 Å². The molecule has 13 heteroatoms. The third-order valence-corrected chi connectivity index (χ3v) is 8.96. The fourth-order valence-electron chi connectivity index (χ4n) is 6.12. The second-order valence-corrected chi connectivity index (χ2v) is 13.2. The van der Waals surface area contributed by atoms with Gasteiger partial charge in [0.2, 0.25) is 6.79 Å². The quantitative estimate of drug-likeness (QED) is 0.275. The van der Waals surface area contributed by atoms with Crippen LogP contribution in [-0.2, 0) is 11.3 Å². The van der Waals surface area contributed by atoms with Gasteiger partial charge in [-0.25, -0.2) is 4.79 Å². The van der Waals surface area contributed by atoms with Crippen LogP contribution in [0.4, 0.5) is 16.2 Å². The zero-order valence-corrected chi connectivity index (χ0v) is 29.3. The maximum Gasteiger partial charge on any atom is 0.323 e. The number of benzene rings is 2. The molecule has 0 spiro atoms. The van der Waals surface area contributed by atoms with Gasteiger partial charge in [0.05, 0.1) is 30.4 Å². The predicted molar refractivity (Wildman–Crippen MR) is 184 cm³/mol. The number of aliphatic hydroxyl groups is 1. The fourth-order valence-corrected chi connectivity index (χ4v) is 6.12. The molecule has 2 aromatic carbocycles. The number of ether oxygens (including phenoxy) is 4. The number of likely N-dealkylation sites (N-methyl/N-ethyl adjacent to an activating group) is 1. The van der Waals surface area contributed by atoms with E-state index in [1.54, 1.807) is 36.9 Å². The number of urea groups is 1. The summed E-state index contributed by atoms with van der Waals surface area (Å²) >= 11 is 0. The van der Waals surface area contributed by atoms with Gasteiger partial charge in [0.25, 0.3) is 5.91 Å². The molecule has 266 valence electrons. The molecule has 3 N–H and O–H groups in total. The second kappa shape index (κ2) is 16.4. The van der Waals surface area contributed by atoms with Gasteiger partial charge < -0.3 is 44.1 Å². The molecule has 13 nitrogen and oxygen atoms in total. The van der Waals surface area contributed by atoms with Crippen LogP contribution in [0, 0.1) is 19.8 Å². The molecule has 3 aromatic rings. The van der Waals surface area contributed by atoms with Crippen LogP contribution in [0.1, 0.15) is 67.4 Å². The first-order chi connectivity index (χ1) is 23.5. The van der Waals surface area contributed by atoms with E-state index in [0.29, 0.717) is 60.4 Å². The number of anilines is 2. The number of nitrogens with zero attached hydrogens (tertiary/aromatic N) is 3. The van der Waals surface area contributed by atoms with Crippen LogP contribution in [0.15, 0.2) is 40.9 Å². The van der Waals surface area contributed by atoms with E-state index in [1.165, 1.54) is 0 Å². The number of aryl methyl sites for hydroxylation is 2. The third kappa shape index (κ3) is 9.22. The molecule has 5 rings (SSSR count). The number of hydrogen-bond acceptors (Lipinski definition) is 10. The maximum atomic E-state index is 14.4. The average molecular weight is 680 g/mol. The zero-order chi connectivity index (χ0) is 35.1. The van der Waals surface area contributed by atoms with Crippen molar-refractivity contribution in [3.63, 3.8) is 0 Å². The van der Waals surface area contributed by atoms with Crippen molar-refractivity contribution in [2.24, 2.45) is 5.92 Å². The summed E-state index contributed by atoms with van der Waals surface area (Å²) in [6, 6.07) is 10.0. The van der Waals surface area contributed by atoms with Crippen LogP contribution in [0.3, 0.4) is 0 Å². The summed E-state index contributed by atoms with van der Waals surface area (Å²) in [6.45, 7) is 11.6. The molecule has 1 aromatic heterocycles. The zero-order valence-electron chi connectivity index (χ0n) is 29.3. The minimum absolute atomic E-state index is 0.0782. The van der Waals surface area contributed by atoms with E-state index in [2.05, 4.69) is 34.7 Å². The fraction of sp³-hybridized carbons (Fsp3) is 0.528. The Balaban J connectivity index is 1.37. The van der Waals surface area contributed by atoms with E-state index in [1.807, 2.05) is 32.0 Å². The number of rotatable bonds is 8. The summed E-state index contributed by atoms with van der Waals surface area (Å²) in [5, 5.41) is 19.7. The van der Waals surface area contributed by atoms with Crippen molar-refractivity contribution in [1.29, 1.82) is 0 Å². The molecule has 0 saturated heterocycles. The number of aromatic nitrogens is 1. The van der Waals surface area contributed by atoms with Crippen molar-refractivity contribution in [1.82, 2.24) is 15.0 Å². The highest BCUT2D eigenvalue weighted by Crippen LogP contribution is 2.33. The van der Waals surface area contributed by atoms with Crippen LogP contribution in [0.25, 0.3) is 0 Å². The molecule has 2 aliphatic heterocycles. The Morgan fingerprint density at radius 1 is 1.08 bits per heavy atom. The molecular formula is C36H49N5O8. The number of fused-ring (bicyclic) bond motifs is 2. The lowest BCUT2D eigenvalue weighted by Crippen LogP contribution is -2.47. The average Bonchev–Trinajstić information content (AvgIpc) is 3.67. The molecule has 0 fully saturated rings. The van der Waals surface area contributed by atoms with Gasteiger partial charge >= 0.3 is 6.03 Å². The van der Waals surface area contributed by atoms with Gasteiger partial charge in [-0.1, -0.05) is 18.1 Å². The van der Waals surface area contributed by atoms with E-state index >= 15 is 0 Å². The van der Waals surface area contributed by atoms with Gasteiger partial charge in [-0.2, -0.15) is 0 Å². The highest BCUT2D eigenvalue weighted by atomic mass is 16.7. The van der Waals surface area contributed by atoms with Gasteiger partial charge in [0.1, 0.15) is 17.1 Å². The second-order valence-electron chi connectivity index (χ2n) is 13.2. The number of amides is 3. The number of carbonyl (C=O) groups is 2. The molecule has 0 unspecified atom stereocenters. The minimum Gasteiger partial charge on any atom is -0.490 e. The van der Waals surface area contributed by atoms with Gasteiger partial charge in [-0.3, -0.25) is 9.69 Å². The Labute approximate surface area is 287 Å². The van der Waals surface area contributed by atoms with Crippen LogP contribution in [0.2, 0.25) is 0 Å². The maximum absolute atomic E-state index is 14.4. The molecule has 0 bridgehead atoms. The number of nitrogens with one attached hydrogen (secondary N) is 2. The van der Waals surface area contributed by atoms with Crippen molar-refractivity contribution in [3.05, 3.63) is 59.0 Å². The van der Waals surface area contributed by atoms with E-state index in [9.17, 15) is 14.7 Å². The highest BCUT2D eigenvalue weighted by Gasteiger charge is 2.30. The number of aliphatic hydroxyl groups excluding tert-OH is 1. The predicted octanol–water partition coefficient (Wildman–Crippen LogP) is 5.59. The highest BCUT2D eigenvalue weighted by molar-refractivity contribution is 6.03. The first-order valence-electron chi connectivity index (χ1n) is 16.9. The van der Waals surface area contributed by atoms with E-state index < -0.39 is 12.1 Å². The number of hydrogen-bond donors (Lipinski definition) is 3. The lowest BCUT2D eigenvalue weighted by atomic mass is 10.0. The van der Waals surface area contributed by atoms with Crippen LogP contribution >= 0.6 is 0 Å². The van der Waals surface area contributed by atoms with E-state index in [4.69, 9.17) is 23.5 Å². The van der Waals surface area contributed by atoms with E-state index in [-0.39, 0.29) is 37.4 Å². The monoisotopic (exact) mass is 679 g/mol. The third-order valence-electron chi connectivity index (χ3n) is 8.96. The Morgan fingerprint density at radius 3 is 2.61 bits per heavy atom. The standard InChI is InChI=1S/C36H49N5O8/c1-22-17-41(23(2)20-42)35(43)29-16-28(37-36(44)38-34-25(4)39-49-26(34)5)11-13-30(29)48-24(3)9-7-8-14-45-33(22)19-40(6)18-27-10-12-31-32(15-27)47-21-46-31/h10-13,15-16,22-24,33,42H,7-9,14,17-21H2,1-6H3,(H2,37,38,44)/t22-,23-,24-,33+/m0/s1. The summed E-state index contributed by atoms with van der Waals surface area (Å²) in [7, 11) is 2.05. The summed E-state index contributed by atoms with van der Waals surface area (Å²) in [6.07, 6.45) is 2.19. The molecule has 3 heterocycles. The van der Waals surface area contributed by atoms with Crippen molar-refractivity contribution in [3.8, 4) is 17.2 Å². The van der Waals surface area contributed by atoms with E-state index in [0.717, 1.165) is 36.3 Å². The summed E-state index contributed by atoms with van der Waals surface area (Å²) in [5.41, 5.74) is 2.84. The molecule has 0 saturated carbocycles. The normalized spacial score (nSPS) is 20.7.